The predicted molar refractivity (Wildman–Crippen MR) is 60.8 cm³/mol. The van der Waals surface area contributed by atoms with Crippen LogP contribution in [0.3, 0.4) is 0 Å². The molecular weight excluding hydrogens is 276 g/mol. The first-order chi connectivity index (χ1) is 5.86. The van der Waals surface area contributed by atoms with Gasteiger partial charge in [0.05, 0.1) is 0 Å². The van der Waals surface area contributed by atoms with E-state index in [1.54, 1.807) is 34.9 Å². The maximum absolute atomic E-state index is 4.05. The summed E-state index contributed by atoms with van der Waals surface area (Å²) in [6.07, 6.45) is 3.20. The summed E-state index contributed by atoms with van der Waals surface area (Å²) in [5.41, 5.74) is 0. The SMILES string of the molecule is CSc1nnc(SCCCBr)s1. The van der Waals surface area contributed by atoms with E-state index < -0.39 is 0 Å². The largest absolute Gasteiger partial charge is 0.175 e. The summed E-state index contributed by atoms with van der Waals surface area (Å²) in [4.78, 5) is 0. The molecule has 68 valence electrons. The molecule has 0 aliphatic heterocycles. The van der Waals surface area contributed by atoms with E-state index in [0.29, 0.717) is 0 Å². The summed E-state index contributed by atoms with van der Waals surface area (Å²) in [6.45, 7) is 0. The van der Waals surface area contributed by atoms with E-state index >= 15 is 0 Å². The molecule has 1 rings (SSSR count). The van der Waals surface area contributed by atoms with Crippen LogP contribution in [0, 0.1) is 0 Å². The van der Waals surface area contributed by atoms with Gasteiger partial charge in [-0.2, -0.15) is 0 Å². The zero-order valence-electron chi connectivity index (χ0n) is 6.62. The molecule has 0 aliphatic rings. The molecule has 0 saturated heterocycles. The van der Waals surface area contributed by atoms with Crippen LogP contribution in [0.2, 0.25) is 0 Å². The average molecular weight is 285 g/mol. The van der Waals surface area contributed by atoms with Crippen molar-refractivity contribution in [1.29, 1.82) is 0 Å². The van der Waals surface area contributed by atoms with Gasteiger partial charge in [0.1, 0.15) is 0 Å². The first kappa shape index (κ1) is 10.8. The second-order valence-electron chi connectivity index (χ2n) is 1.93. The van der Waals surface area contributed by atoms with Crippen LogP contribution in [0.4, 0.5) is 0 Å². The van der Waals surface area contributed by atoms with Crippen LogP contribution in [0.1, 0.15) is 6.42 Å². The van der Waals surface area contributed by atoms with Crippen LogP contribution < -0.4 is 0 Å². The summed E-state index contributed by atoms with van der Waals surface area (Å²) in [5.74, 6) is 1.12. The first-order valence-corrected chi connectivity index (χ1v) is 7.58. The number of nitrogens with zero attached hydrogens (tertiary/aromatic N) is 2. The molecule has 0 fully saturated rings. The number of hydrogen-bond acceptors (Lipinski definition) is 5. The number of thioether (sulfide) groups is 2. The fourth-order valence-corrected chi connectivity index (χ4v) is 3.65. The number of hydrogen-bond donors (Lipinski definition) is 0. The molecule has 6 heteroatoms. The maximum Gasteiger partial charge on any atom is 0.175 e. The molecule has 0 saturated carbocycles. The second kappa shape index (κ2) is 6.23. The molecule has 0 radical (unpaired) electrons. The van der Waals surface area contributed by atoms with Crippen LogP contribution in [-0.4, -0.2) is 27.5 Å². The molecule has 12 heavy (non-hydrogen) atoms. The standard InChI is InChI=1S/C6H9BrN2S3/c1-10-5-8-9-6(12-5)11-4-2-3-7/h2-4H2,1H3. The summed E-state index contributed by atoms with van der Waals surface area (Å²) in [7, 11) is 0. The normalized spacial score (nSPS) is 10.5. The van der Waals surface area contributed by atoms with Gasteiger partial charge in [-0.05, 0) is 12.7 Å². The Morgan fingerprint density at radius 1 is 1.42 bits per heavy atom. The molecule has 1 aromatic heterocycles. The van der Waals surface area contributed by atoms with Crippen molar-refractivity contribution in [3.63, 3.8) is 0 Å². The Kier molecular flexibility index (Phi) is 5.62. The molecule has 0 aromatic carbocycles. The van der Waals surface area contributed by atoms with Gasteiger partial charge in [0.25, 0.3) is 0 Å². The Balaban J connectivity index is 2.31. The zero-order valence-corrected chi connectivity index (χ0v) is 10.7. The molecule has 0 aliphatic carbocycles. The zero-order chi connectivity index (χ0) is 8.81. The number of alkyl halides is 1. The Labute approximate surface area is 93.1 Å². The third kappa shape index (κ3) is 3.64. The van der Waals surface area contributed by atoms with Gasteiger partial charge in [-0.3, -0.25) is 0 Å². The van der Waals surface area contributed by atoms with Gasteiger partial charge in [0, 0.05) is 11.1 Å². The van der Waals surface area contributed by atoms with E-state index in [4.69, 9.17) is 0 Å². The second-order valence-corrected chi connectivity index (χ2v) is 6.09. The molecule has 1 heterocycles. The van der Waals surface area contributed by atoms with Crippen LogP contribution in [-0.2, 0) is 0 Å². The van der Waals surface area contributed by atoms with E-state index in [1.165, 1.54) is 6.42 Å². The molecule has 0 bridgehead atoms. The highest BCUT2D eigenvalue weighted by Gasteiger charge is 2.02. The molecule has 0 spiro atoms. The molecule has 0 amide bonds. The lowest BCUT2D eigenvalue weighted by atomic mass is 10.6. The molecule has 0 unspecified atom stereocenters. The van der Waals surface area contributed by atoms with E-state index in [1.807, 2.05) is 6.26 Å². The molecule has 0 N–H and O–H groups in total. The maximum atomic E-state index is 4.05. The Hall–Kier alpha value is 0.740. The van der Waals surface area contributed by atoms with Crippen LogP contribution >= 0.6 is 50.8 Å². The molecule has 0 atom stereocenters. The number of rotatable bonds is 5. The van der Waals surface area contributed by atoms with Gasteiger partial charge in [-0.1, -0.05) is 50.8 Å². The van der Waals surface area contributed by atoms with Gasteiger partial charge in [-0.25, -0.2) is 0 Å². The lowest BCUT2D eigenvalue weighted by molar-refractivity contribution is 0.954. The first-order valence-electron chi connectivity index (χ1n) is 3.43. The van der Waals surface area contributed by atoms with Crippen molar-refractivity contribution < 1.29 is 0 Å². The number of halogens is 1. The van der Waals surface area contributed by atoms with E-state index in [-0.39, 0.29) is 0 Å². The fraction of sp³-hybridized carbons (Fsp3) is 0.667. The van der Waals surface area contributed by atoms with E-state index in [9.17, 15) is 0 Å². The van der Waals surface area contributed by atoms with E-state index in [0.717, 1.165) is 19.8 Å². The van der Waals surface area contributed by atoms with Gasteiger partial charge >= 0.3 is 0 Å². The third-order valence-electron chi connectivity index (χ3n) is 1.07. The van der Waals surface area contributed by atoms with Crippen molar-refractivity contribution in [2.75, 3.05) is 17.3 Å². The summed E-state index contributed by atoms with van der Waals surface area (Å²) >= 11 is 8.50. The third-order valence-corrected chi connectivity index (χ3v) is 4.75. The van der Waals surface area contributed by atoms with Gasteiger partial charge in [0.2, 0.25) is 0 Å². The molecule has 2 nitrogen and oxygen atoms in total. The highest BCUT2D eigenvalue weighted by atomic mass is 79.9. The number of aromatic nitrogens is 2. The van der Waals surface area contributed by atoms with Crippen LogP contribution in [0.5, 0.6) is 0 Å². The van der Waals surface area contributed by atoms with Gasteiger partial charge in [0.15, 0.2) is 8.68 Å². The van der Waals surface area contributed by atoms with Crippen molar-refractivity contribution in [2.45, 2.75) is 15.1 Å². The lowest BCUT2D eigenvalue weighted by Crippen LogP contribution is -1.79. The minimum atomic E-state index is 1.05. The van der Waals surface area contributed by atoms with Crippen molar-refractivity contribution >= 4 is 50.8 Å². The summed E-state index contributed by atoms with van der Waals surface area (Å²) in [6, 6.07) is 0. The monoisotopic (exact) mass is 284 g/mol. The van der Waals surface area contributed by atoms with Crippen LogP contribution in [0.25, 0.3) is 0 Å². The fourth-order valence-electron chi connectivity index (χ4n) is 0.552. The van der Waals surface area contributed by atoms with Gasteiger partial charge < -0.3 is 0 Å². The van der Waals surface area contributed by atoms with Crippen LogP contribution in [0.15, 0.2) is 8.68 Å². The highest BCUT2D eigenvalue weighted by Crippen LogP contribution is 2.27. The Morgan fingerprint density at radius 3 is 2.75 bits per heavy atom. The van der Waals surface area contributed by atoms with Crippen molar-refractivity contribution in [3.8, 4) is 0 Å². The Morgan fingerprint density at radius 2 is 2.17 bits per heavy atom. The molecule has 1 aromatic rings. The lowest BCUT2D eigenvalue weighted by Gasteiger charge is -1.90. The molecular formula is C6H9BrN2S3. The topological polar surface area (TPSA) is 25.8 Å². The minimum absolute atomic E-state index is 1.05. The van der Waals surface area contributed by atoms with E-state index in [2.05, 4.69) is 26.1 Å². The van der Waals surface area contributed by atoms with Crippen molar-refractivity contribution in [3.05, 3.63) is 0 Å². The summed E-state index contributed by atoms with van der Waals surface area (Å²) in [5, 5.41) is 9.13. The minimum Gasteiger partial charge on any atom is -0.131 e. The Bertz CT molecular complexity index is 228. The highest BCUT2D eigenvalue weighted by molar-refractivity contribution is 9.09. The average Bonchev–Trinajstić information content (AvgIpc) is 2.53. The quantitative estimate of drug-likeness (QED) is 0.471. The summed E-state index contributed by atoms with van der Waals surface area (Å²) < 4.78 is 2.14. The smallest absolute Gasteiger partial charge is 0.131 e. The van der Waals surface area contributed by atoms with Gasteiger partial charge in [-0.15, -0.1) is 10.2 Å². The predicted octanol–water partition coefficient (Wildman–Crippen LogP) is 3.14. The van der Waals surface area contributed by atoms with Crippen molar-refractivity contribution in [1.82, 2.24) is 10.2 Å². The van der Waals surface area contributed by atoms with Crippen molar-refractivity contribution in [2.24, 2.45) is 0 Å².